The van der Waals surface area contributed by atoms with Gasteiger partial charge in [0.2, 0.25) is 0 Å². The second-order valence-electron chi connectivity index (χ2n) is 6.09. The first-order chi connectivity index (χ1) is 11.3. The van der Waals surface area contributed by atoms with E-state index in [2.05, 4.69) is 5.32 Å². The number of carbonyl (C=O) groups is 1. The Kier molecular flexibility index (Phi) is 3.75. The fourth-order valence-electron chi connectivity index (χ4n) is 3.37. The molecule has 1 N–H and O–H groups in total. The van der Waals surface area contributed by atoms with Gasteiger partial charge in [-0.25, -0.2) is 0 Å². The molecule has 2 fully saturated rings. The molecule has 3 atom stereocenters. The average molecular weight is 309 g/mol. The number of hydrogen-bond donors (Lipinski definition) is 1. The Morgan fingerprint density at radius 2 is 1.87 bits per heavy atom. The van der Waals surface area contributed by atoms with Crippen molar-refractivity contribution in [3.63, 3.8) is 0 Å². The van der Waals surface area contributed by atoms with Crippen molar-refractivity contribution in [2.24, 2.45) is 5.92 Å². The maximum absolute atomic E-state index is 12.6. The molecule has 0 unspecified atom stereocenters. The highest BCUT2D eigenvalue weighted by atomic mass is 16.5. The molecule has 0 spiro atoms. The molecule has 4 rings (SSSR count). The van der Waals surface area contributed by atoms with E-state index in [1.54, 1.807) is 6.07 Å². The SMILES string of the molecule is O=C(N[C@H]1C[C@@H]2OCC[C@H]12)c1ccccc1Oc1ccccc1. The van der Waals surface area contributed by atoms with Crippen LogP contribution in [0.5, 0.6) is 11.5 Å². The first-order valence-electron chi connectivity index (χ1n) is 8.05. The van der Waals surface area contributed by atoms with E-state index in [4.69, 9.17) is 9.47 Å². The zero-order valence-corrected chi connectivity index (χ0v) is 12.8. The zero-order valence-electron chi connectivity index (χ0n) is 12.8. The lowest BCUT2D eigenvalue weighted by Gasteiger charge is -2.39. The van der Waals surface area contributed by atoms with Crippen molar-refractivity contribution >= 4 is 5.91 Å². The summed E-state index contributed by atoms with van der Waals surface area (Å²) < 4.78 is 11.5. The molecule has 118 valence electrons. The molecule has 2 aromatic carbocycles. The second-order valence-corrected chi connectivity index (χ2v) is 6.09. The van der Waals surface area contributed by atoms with Crippen LogP contribution in [-0.4, -0.2) is 24.7 Å². The van der Waals surface area contributed by atoms with Crippen molar-refractivity contribution in [1.82, 2.24) is 5.32 Å². The number of fused-ring (bicyclic) bond motifs is 1. The number of ether oxygens (including phenoxy) is 2. The third-order valence-electron chi connectivity index (χ3n) is 4.68. The van der Waals surface area contributed by atoms with Crippen LogP contribution in [-0.2, 0) is 4.74 Å². The van der Waals surface area contributed by atoms with Gasteiger partial charge in [0.25, 0.3) is 5.91 Å². The Labute approximate surface area is 135 Å². The number of amides is 1. The van der Waals surface area contributed by atoms with Crippen LogP contribution >= 0.6 is 0 Å². The number of para-hydroxylation sites is 2. The summed E-state index contributed by atoms with van der Waals surface area (Å²) >= 11 is 0. The summed E-state index contributed by atoms with van der Waals surface area (Å²) in [5, 5.41) is 3.13. The Bertz CT molecular complexity index is 701. The number of rotatable bonds is 4. The maximum Gasteiger partial charge on any atom is 0.255 e. The molecule has 4 heteroatoms. The van der Waals surface area contributed by atoms with Crippen LogP contribution < -0.4 is 10.1 Å². The van der Waals surface area contributed by atoms with E-state index in [9.17, 15) is 4.79 Å². The monoisotopic (exact) mass is 309 g/mol. The summed E-state index contributed by atoms with van der Waals surface area (Å²) in [7, 11) is 0. The minimum Gasteiger partial charge on any atom is -0.457 e. The summed E-state index contributed by atoms with van der Waals surface area (Å²) in [6, 6.07) is 17.1. The molecular weight excluding hydrogens is 290 g/mol. The molecule has 1 aliphatic heterocycles. The van der Waals surface area contributed by atoms with E-state index in [1.165, 1.54) is 0 Å². The second kappa shape index (κ2) is 6.05. The molecule has 1 amide bonds. The van der Waals surface area contributed by atoms with Gasteiger partial charge < -0.3 is 14.8 Å². The van der Waals surface area contributed by atoms with Crippen molar-refractivity contribution in [3.05, 3.63) is 60.2 Å². The molecule has 0 bridgehead atoms. The molecule has 1 heterocycles. The van der Waals surface area contributed by atoms with Gasteiger partial charge in [0.1, 0.15) is 11.5 Å². The predicted molar refractivity (Wildman–Crippen MR) is 86.7 cm³/mol. The lowest BCUT2D eigenvalue weighted by atomic mass is 9.76. The quantitative estimate of drug-likeness (QED) is 0.942. The van der Waals surface area contributed by atoms with Crippen LogP contribution in [0.25, 0.3) is 0 Å². The fourth-order valence-corrected chi connectivity index (χ4v) is 3.37. The molecule has 2 aliphatic rings. The smallest absolute Gasteiger partial charge is 0.255 e. The highest BCUT2D eigenvalue weighted by Gasteiger charge is 2.45. The lowest BCUT2D eigenvalue weighted by molar-refractivity contribution is 0.00807. The molecule has 0 radical (unpaired) electrons. The summed E-state index contributed by atoms with van der Waals surface area (Å²) in [6.45, 7) is 0.815. The van der Waals surface area contributed by atoms with Gasteiger partial charge in [-0.05, 0) is 37.1 Å². The number of benzene rings is 2. The van der Waals surface area contributed by atoms with Gasteiger partial charge in [0.15, 0.2) is 0 Å². The van der Waals surface area contributed by atoms with Crippen LogP contribution in [0.2, 0.25) is 0 Å². The highest BCUT2D eigenvalue weighted by molar-refractivity contribution is 5.97. The van der Waals surface area contributed by atoms with Crippen molar-refractivity contribution in [2.75, 3.05) is 6.61 Å². The molecule has 23 heavy (non-hydrogen) atoms. The number of nitrogens with one attached hydrogen (secondary N) is 1. The summed E-state index contributed by atoms with van der Waals surface area (Å²) in [5.74, 6) is 1.70. The zero-order chi connectivity index (χ0) is 15.6. The Balaban J connectivity index is 1.49. The first kappa shape index (κ1) is 14.3. The largest absolute Gasteiger partial charge is 0.457 e. The predicted octanol–water partition coefficient (Wildman–Crippen LogP) is 3.39. The van der Waals surface area contributed by atoms with Gasteiger partial charge in [-0.15, -0.1) is 0 Å². The minimum absolute atomic E-state index is 0.0770. The van der Waals surface area contributed by atoms with Crippen molar-refractivity contribution in [3.8, 4) is 11.5 Å². The van der Waals surface area contributed by atoms with E-state index in [0.29, 0.717) is 23.3 Å². The van der Waals surface area contributed by atoms with Gasteiger partial charge in [0, 0.05) is 18.6 Å². The average Bonchev–Trinajstić information content (AvgIpc) is 2.95. The lowest BCUT2D eigenvalue weighted by Crippen LogP contribution is -2.53. The van der Waals surface area contributed by atoms with Gasteiger partial charge in [-0.3, -0.25) is 4.79 Å². The van der Waals surface area contributed by atoms with Gasteiger partial charge in [0.05, 0.1) is 11.7 Å². The Morgan fingerprint density at radius 3 is 2.70 bits per heavy atom. The van der Waals surface area contributed by atoms with Crippen LogP contribution in [0.3, 0.4) is 0 Å². The summed E-state index contributed by atoms with van der Waals surface area (Å²) in [6.07, 6.45) is 2.30. The summed E-state index contributed by atoms with van der Waals surface area (Å²) in [5.41, 5.74) is 0.568. The molecule has 1 aliphatic carbocycles. The van der Waals surface area contributed by atoms with Crippen molar-refractivity contribution in [2.45, 2.75) is 25.0 Å². The minimum atomic E-state index is -0.0770. The van der Waals surface area contributed by atoms with Crippen LogP contribution in [0, 0.1) is 5.92 Å². The Hall–Kier alpha value is -2.33. The van der Waals surface area contributed by atoms with Crippen LogP contribution in [0.1, 0.15) is 23.2 Å². The number of hydrogen-bond acceptors (Lipinski definition) is 3. The highest BCUT2D eigenvalue weighted by Crippen LogP contribution is 2.38. The third-order valence-corrected chi connectivity index (χ3v) is 4.68. The fraction of sp³-hybridized carbons (Fsp3) is 0.316. The van der Waals surface area contributed by atoms with E-state index in [0.717, 1.165) is 25.2 Å². The van der Waals surface area contributed by atoms with E-state index in [-0.39, 0.29) is 11.9 Å². The number of carbonyl (C=O) groups excluding carboxylic acids is 1. The van der Waals surface area contributed by atoms with Gasteiger partial charge in [-0.2, -0.15) is 0 Å². The molecule has 2 aromatic rings. The Morgan fingerprint density at radius 1 is 1.09 bits per heavy atom. The third kappa shape index (κ3) is 2.82. The van der Waals surface area contributed by atoms with Crippen LogP contribution in [0.4, 0.5) is 0 Å². The molecule has 0 aromatic heterocycles. The van der Waals surface area contributed by atoms with Gasteiger partial charge >= 0.3 is 0 Å². The van der Waals surface area contributed by atoms with Crippen LogP contribution in [0.15, 0.2) is 54.6 Å². The van der Waals surface area contributed by atoms with E-state index < -0.39 is 0 Å². The normalized spacial score (nSPS) is 25.3. The standard InChI is InChI=1S/C19H19NO3/c21-19(20-16-12-18-14(16)10-11-22-18)15-8-4-5-9-17(15)23-13-6-2-1-3-7-13/h1-9,14,16,18H,10-12H2,(H,20,21)/t14-,16+,18+/m1/s1. The molecular formula is C19H19NO3. The van der Waals surface area contributed by atoms with Gasteiger partial charge in [-0.1, -0.05) is 30.3 Å². The van der Waals surface area contributed by atoms with E-state index >= 15 is 0 Å². The summed E-state index contributed by atoms with van der Waals surface area (Å²) in [4.78, 5) is 12.6. The molecule has 1 saturated carbocycles. The molecule has 1 saturated heterocycles. The molecule has 4 nitrogen and oxygen atoms in total. The first-order valence-corrected chi connectivity index (χ1v) is 8.05. The topological polar surface area (TPSA) is 47.6 Å². The maximum atomic E-state index is 12.6. The van der Waals surface area contributed by atoms with Crippen molar-refractivity contribution in [1.29, 1.82) is 0 Å². The van der Waals surface area contributed by atoms with Crippen molar-refractivity contribution < 1.29 is 14.3 Å². The van der Waals surface area contributed by atoms with E-state index in [1.807, 2.05) is 48.5 Å².